The van der Waals surface area contributed by atoms with Crippen LogP contribution >= 0.6 is 23.4 Å². The molecule has 3 atom stereocenters. The predicted molar refractivity (Wildman–Crippen MR) is 90.9 cm³/mol. The van der Waals surface area contributed by atoms with Crippen LogP contribution in [-0.2, 0) is 4.79 Å². The van der Waals surface area contributed by atoms with E-state index in [4.69, 9.17) is 11.6 Å². The average Bonchev–Trinajstić information content (AvgIpc) is 2.87. The van der Waals surface area contributed by atoms with E-state index in [1.807, 2.05) is 26.3 Å². The Hall–Kier alpha value is -0.780. The summed E-state index contributed by atoms with van der Waals surface area (Å²) in [4.78, 5) is 14.1. The van der Waals surface area contributed by atoms with Crippen LogP contribution in [0, 0.1) is 11.7 Å². The zero-order chi connectivity index (χ0) is 16.3. The standard InChI is InChI=1S/C16H22ClFN2OS/c1-10(22-3)16(21)19-9-12-6-7-20(2)15(12)11-4-5-13(17)14(18)8-11/h4-5,8,10,12,15H,6-7,9H2,1-3H3,(H,19,21)/t10-,12+,15+/m0/s1. The van der Waals surface area contributed by atoms with E-state index in [0.717, 1.165) is 18.5 Å². The first-order valence-corrected chi connectivity index (χ1v) is 9.06. The Morgan fingerprint density at radius 2 is 2.32 bits per heavy atom. The van der Waals surface area contributed by atoms with Gasteiger partial charge in [-0.1, -0.05) is 17.7 Å². The maximum absolute atomic E-state index is 13.7. The molecule has 2 rings (SSSR count). The molecule has 0 aliphatic carbocycles. The van der Waals surface area contributed by atoms with Crippen LogP contribution < -0.4 is 5.32 Å². The molecule has 0 spiro atoms. The highest BCUT2D eigenvalue weighted by Gasteiger charge is 2.33. The van der Waals surface area contributed by atoms with Crippen molar-refractivity contribution < 1.29 is 9.18 Å². The van der Waals surface area contributed by atoms with Crippen LogP contribution in [-0.4, -0.2) is 42.4 Å². The van der Waals surface area contributed by atoms with E-state index >= 15 is 0 Å². The summed E-state index contributed by atoms with van der Waals surface area (Å²) in [7, 11) is 2.03. The van der Waals surface area contributed by atoms with Gasteiger partial charge < -0.3 is 5.32 Å². The zero-order valence-corrected chi connectivity index (χ0v) is 14.7. The normalized spacial score (nSPS) is 23.5. The Morgan fingerprint density at radius 3 is 2.95 bits per heavy atom. The van der Waals surface area contributed by atoms with E-state index in [2.05, 4.69) is 10.2 Å². The highest BCUT2D eigenvalue weighted by Crippen LogP contribution is 2.36. The van der Waals surface area contributed by atoms with Crippen molar-refractivity contribution in [2.24, 2.45) is 5.92 Å². The first kappa shape index (κ1) is 17.6. The molecule has 122 valence electrons. The lowest BCUT2D eigenvalue weighted by molar-refractivity contribution is -0.120. The van der Waals surface area contributed by atoms with Gasteiger partial charge in [-0.05, 0) is 56.8 Å². The number of nitrogens with zero attached hydrogens (tertiary/aromatic N) is 1. The molecule has 1 aliphatic rings. The van der Waals surface area contributed by atoms with Gasteiger partial charge in [0.2, 0.25) is 5.91 Å². The quantitative estimate of drug-likeness (QED) is 0.889. The number of hydrogen-bond donors (Lipinski definition) is 1. The summed E-state index contributed by atoms with van der Waals surface area (Å²) in [5.74, 6) is -0.0510. The maximum atomic E-state index is 13.7. The molecule has 1 amide bonds. The summed E-state index contributed by atoms with van der Waals surface area (Å²) in [5.41, 5.74) is 0.916. The topological polar surface area (TPSA) is 32.3 Å². The number of likely N-dealkylation sites (tertiary alicyclic amines) is 1. The van der Waals surface area contributed by atoms with Crippen molar-refractivity contribution in [1.82, 2.24) is 10.2 Å². The summed E-state index contributed by atoms with van der Waals surface area (Å²) < 4.78 is 13.7. The van der Waals surface area contributed by atoms with Gasteiger partial charge in [0.05, 0.1) is 10.3 Å². The van der Waals surface area contributed by atoms with Crippen molar-refractivity contribution in [2.45, 2.75) is 24.6 Å². The summed E-state index contributed by atoms with van der Waals surface area (Å²) >= 11 is 7.30. The number of hydrogen-bond acceptors (Lipinski definition) is 3. The van der Waals surface area contributed by atoms with Crippen LogP contribution in [0.2, 0.25) is 5.02 Å². The number of carbonyl (C=O) groups excluding carboxylic acids is 1. The summed E-state index contributed by atoms with van der Waals surface area (Å²) in [6, 6.07) is 5.09. The molecule has 1 N–H and O–H groups in total. The van der Waals surface area contributed by atoms with Gasteiger partial charge in [0.15, 0.2) is 0 Å². The zero-order valence-electron chi connectivity index (χ0n) is 13.1. The molecule has 1 saturated heterocycles. The Labute approximate surface area is 140 Å². The van der Waals surface area contributed by atoms with Crippen molar-refractivity contribution in [3.8, 4) is 0 Å². The van der Waals surface area contributed by atoms with Gasteiger partial charge in [-0.15, -0.1) is 0 Å². The molecule has 1 heterocycles. The Kier molecular flexibility index (Phi) is 6.12. The Morgan fingerprint density at radius 1 is 1.59 bits per heavy atom. The minimum absolute atomic E-state index is 0.0504. The molecule has 1 aromatic rings. The second kappa shape index (κ2) is 7.66. The minimum Gasteiger partial charge on any atom is -0.355 e. The monoisotopic (exact) mass is 344 g/mol. The number of carbonyl (C=O) groups is 1. The number of nitrogens with one attached hydrogen (secondary N) is 1. The molecule has 1 fully saturated rings. The molecule has 0 unspecified atom stereocenters. The number of benzene rings is 1. The third-order valence-electron chi connectivity index (χ3n) is 4.32. The molecule has 0 saturated carbocycles. The minimum atomic E-state index is -0.391. The van der Waals surface area contributed by atoms with Crippen LogP contribution in [0.3, 0.4) is 0 Å². The van der Waals surface area contributed by atoms with Gasteiger partial charge in [-0.2, -0.15) is 11.8 Å². The van der Waals surface area contributed by atoms with Crippen molar-refractivity contribution in [3.05, 3.63) is 34.6 Å². The predicted octanol–water partition coefficient (Wildman–Crippen LogP) is 3.34. The smallest absolute Gasteiger partial charge is 0.232 e. The maximum Gasteiger partial charge on any atom is 0.232 e. The molecule has 0 bridgehead atoms. The summed E-state index contributed by atoms with van der Waals surface area (Å²) in [5, 5.41) is 3.11. The summed E-state index contributed by atoms with van der Waals surface area (Å²) in [6.07, 6.45) is 2.91. The highest BCUT2D eigenvalue weighted by atomic mass is 35.5. The van der Waals surface area contributed by atoms with Crippen molar-refractivity contribution >= 4 is 29.3 Å². The molecule has 0 aromatic heterocycles. The van der Waals surface area contributed by atoms with Gasteiger partial charge in [0, 0.05) is 12.6 Å². The highest BCUT2D eigenvalue weighted by molar-refractivity contribution is 7.99. The molecule has 6 heteroatoms. The molecular formula is C16H22ClFN2OS. The largest absolute Gasteiger partial charge is 0.355 e. The first-order valence-electron chi connectivity index (χ1n) is 7.39. The first-order chi connectivity index (χ1) is 10.4. The van der Waals surface area contributed by atoms with Crippen LogP contribution in [0.4, 0.5) is 4.39 Å². The van der Waals surface area contributed by atoms with Crippen LogP contribution in [0.15, 0.2) is 18.2 Å². The van der Waals surface area contributed by atoms with Gasteiger partial charge in [-0.3, -0.25) is 9.69 Å². The van der Waals surface area contributed by atoms with Crippen molar-refractivity contribution in [3.63, 3.8) is 0 Å². The van der Waals surface area contributed by atoms with E-state index in [-0.39, 0.29) is 28.1 Å². The molecular weight excluding hydrogens is 323 g/mol. The van der Waals surface area contributed by atoms with Crippen LogP contribution in [0.5, 0.6) is 0 Å². The van der Waals surface area contributed by atoms with E-state index in [0.29, 0.717) is 6.54 Å². The Bertz CT molecular complexity index is 543. The van der Waals surface area contributed by atoms with Crippen LogP contribution in [0.1, 0.15) is 24.9 Å². The fraction of sp³-hybridized carbons (Fsp3) is 0.562. The molecule has 1 aliphatic heterocycles. The lowest BCUT2D eigenvalue weighted by Crippen LogP contribution is -2.36. The van der Waals surface area contributed by atoms with Crippen molar-refractivity contribution in [1.29, 1.82) is 0 Å². The van der Waals surface area contributed by atoms with Crippen molar-refractivity contribution in [2.75, 3.05) is 26.4 Å². The molecule has 0 radical (unpaired) electrons. The van der Waals surface area contributed by atoms with E-state index in [1.54, 1.807) is 6.07 Å². The lowest BCUT2D eigenvalue weighted by Gasteiger charge is -2.26. The number of thioether (sulfide) groups is 1. The second-order valence-electron chi connectivity index (χ2n) is 5.77. The fourth-order valence-corrected chi connectivity index (χ4v) is 3.36. The SMILES string of the molecule is CS[C@@H](C)C(=O)NC[C@H]1CCN(C)[C@@H]1c1ccc(Cl)c(F)c1. The molecule has 1 aromatic carbocycles. The fourth-order valence-electron chi connectivity index (χ4n) is 2.95. The van der Waals surface area contributed by atoms with E-state index in [9.17, 15) is 9.18 Å². The second-order valence-corrected chi connectivity index (χ2v) is 7.36. The average molecular weight is 345 g/mol. The van der Waals surface area contributed by atoms with Gasteiger partial charge in [-0.25, -0.2) is 4.39 Å². The number of rotatable bonds is 5. The number of halogens is 2. The molecule has 3 nitrogen and oxygen atoms in total. The number of amides is 1. The lowest BCUT2D eigenvalue weighted by atomic mass is 9.93. The van der Waals surface area contributed by atoms with E-state index in [1.165, 1.54) is 17.8 Å². The van der Waals surface area contributed by atoms with Gasteiger partial charge >= 0.3 is 0 Å². The third-order valence-corrected chi connectivity index (χ3v) is 5.55. The summed E-state index contributed by atoms with van der Waals surface area (Å²) in [6.45, 7) is 3.45. The molecule has 22 heavy (non-hydrogen) atoms. The van der Waals surface area contributed by atoms with Crippen LogP contribution in [0.25, 0.3) is 0 Å². The van der Waals surface area contributed by atoms with Gasteiger partial charge in [0.25, 0.3) is 0 Å². The van der Waals surface area contributed by atoms with Gasteiger partial charge in [0.1, 0.15) is 5.82 Å². The Balaban J connectivity index is 2.07. The third kappa shape index (κ3) is 3.94. The van der Waals surface area contributed by atoms with E-state index < -0.39 is 5.82 Å².